The van der Waals surface area contributed by atoms with Crippen molar-refractivity contribution in [3.63, 3.8) is 0 Å². The van der Waals surface area contributed by atoms with Gasteiger partial charge in [0.15, 0.2) is 6.61 Å². The number of amides is 3. The second kappa shape index (κ2) is 16.6. The first-order chi connectivity index (χ1) is 25.2. The maximum atomic E-state index is 12.9. The van der Waals surface area contributed by atoms with Crippen molar-refractivity contribution >= 4 is 52.9 Å². The number of anilines is 3. The summed E-state index contributed by atoms with van der Waals surface area (Å²) < 4.78 is 45.4. The summed E-state index contributed by atoms with van der Waals surface area (Å²) in [7, 11) is 0. The van der Waals surface area contributed by atoms with Crippen LogP contribution in [0.5, 0.6) is 6.01 Å². The van der Waals surface area contributed by atoms with E-state index in [0.29, 0.717) is 30.1 Å². The zero-order valence-electron chi connectivity index (χ0n) is 28.0. The van der Waals surface area contributed by atoms with Gasteiger partial charge in [0.1, 0.15) is 11.9 Å². The Morgan fingerprint density at radius 2 is 1.62 bits per heavy atom. The predicted octanol–water partition coefficient (Wildman–Crippen LogP) is 3.32. The second-order valence-electron chi connectivity index (χ2n) is 11.9. The summed E-state index contributed by atoms with van der Waals surface area (Å²) in [6, 6.07) is 10.7. The second-order valence-corrected chi connectivity index (χ2v) is 12.4. The Bertz CT molecular complexity index is 1940. The van der Waals surface area contributed by atoms with Crippen molar-refractivity contribution in [2.24, 2.45) is 0 Å². The molecular formula is C33H34ClF3N10O6. The number of halogens is 4. The molecule has 20 heteroatoms. The summed E-state index contributed by atoms with van der Waals surface area (Å²) in [4.78, 5) is 65.3. The Hall–Kier alpha value is -5.98. The molecule has 16 nitrogen and oxygen atoms in total. The van der Waals surface area contributed by atoms with E-state index in [-0.39, 0.29) is 37.0 Å². The number of nitrogens with one attached hydrogen (secondary N) is 5. The van der Waals surface area contributed by atoms with Crippen LogP contribution in [0.4, 0.5) is 30.8 Å². The number of benzene rings is 2. The monoisotopic (exact) mass is 758 g/mol. The quantitative estimate of drug-likeness (QED) is 0.0909. The van der Waals surface area contributed by atoms with E-state index in [9.17, 15) is 37.5 Å². The lowest BCUT2D eigenvalue weighted by Gasteiger charge is -2.19. The lowest BCUT2D eigenvalue weighted by molar-refractivity contribution is -0.154. The number of aryl methyl sites for hydroxylation is 1. The zero-order valence-corrected chi connectivity index (χ0v) is 28.8. The number of nitrogens with zero attached hydrogens (tertiary/aromatic N) is 5. The van der Waals surface area contributed by atoms with E-state index >= 15 is 0 Å². The van der Waals surface area contributed by atoms with Crippen molar-refractivity contribution in [1.29, 1.82) is 0 Å². The third-order valence-corrected chi connectivity index (χ3v) is 8.22. The molecule has 280 valence electrons. The van der Waals surface area contributed by atoms with Gasteiger partial charge in [-0.25, -0.2) is 9.78 Å². The molecule has 6 N–H and O–H groups in total. The number of alkyl halides is 3. The summed E-state index contributed by atoms with van der Waals surface area (Å²) in [5.41, 5.74) is 0.724. The fraction of sp³-hybridized carbons (Fsp3) is 0.333. The maximum absolute atomic E-state index is 12.9. The maximum Gasteiger partial charge on any atom is 0.422 e. The molecule has 0 bridgehead atoms. The van der Waals surface area contributed by atoms with Crippen LogP contribution in [-0.4, -0.2) is 85.2 Å². The molecule has 2 aromatic carbocycles. The van der Waals surface area contributed by atoms with Gasteiger partial charge >= 0.3 is 30.0 Å². The summed E-state index contributed by atoms with van der Waals surface area (Å²) in [6.45, 7) is 0.515. The molecule has 1 saturated carbocycles. The van der Waals surface area contributed by atoms with Gasteiger partial charge < -0.3 is 41.0 Å². The number of carboxylic acid groups (broad SMARTS) is 1. The standard InChI is InChI=1S/C33H34ClF3N10O6/c1-19-38-14-16-47(19)17-15-40-27(50)26(49)39-13-10-24(28(51)52)42-25(48)20-2-8-23(9-3-20)41-29-43-30(45-31(44-29)53-18-33(35,36)37)46-32(11-12-32)21-4-6-22(34)7-5-21/h2-9,14,16,24H,10-13,15,17-18H2,1H3,(H,39,49)(H,40,50)(H,42,48)(H,51,52)(H2,41,43,44,45,46)/t24-/m0/s1. The molecule has 2 heterocycles. The Morgan fingerprint density at radius 3 is 2.23 bits per heavy atom. The van der Waals surface area contributed by atoms with Crippen molar-refractivity contribution in [1.82, 2.24) is 40.5 Å². The minimum Gasteiger partial charge on any atom is -0.480 e. The number of rotatable bonds is 16. The average Bonchev–Trinajstić information content (AvgIpc) is 3.78. The highest BCUT2D eigenvalue weighted by Gasteiger charge is 2.45. The minimum absolute atomic E-state index is 0.0414. The number of hydrogen-bond donors (Lipinski definition) is 6. The molecular weight excluding hydrogens is 725 g/mol. The first-order valence-electron chi connectivity index (χ1n) is 16.1. The minimum atomic E-state index is -4.64. The number of imidazole rings is 1. The zero-order chi connectivity index (χ0) is 38.2. The molecule has 1 aliphatic rings. The molecule has 5 rings (SSSR count). The van der Waals surface area contributed by atoms with Crippen LogP contribution >= 0.6 is 11.6 Å². The molecule has 2 aromatic heterocycles. The van der Waals surface area contributed by atoms with Gasteiger partial charge in [0, 0.05) is 48.3 Å². The van der Waals surface area contributed by atoms with Gasteiger partial charge in [0.25, 0.3) is 5.91 Å². The van der Waals surface area contributed by atoms with Crippen LogP contribution in [0.25, 0.3) is 0 Å². The van der Waals surface area contributed by atoms with Crippen LogP contribution in [0.3, 0.4) is 0 Å². The highest BCUT2D eigenvalue weighted by molar-refractivity contribution is 6.35. The molecule has 1 atom stereocenters. The van der Waals surface area contributed by atoms with Gasteiger partial charge in [-0.1, -0.05) is 23.7 Å². The summed E-state index contributed by atoms with van der Waals surface area (Å²) in [6.07, 6.45) is -0.125. The fourth-order valence-corrected chi connectivity index (χ4v) is 5.15. The number of carboxylic acids is 1. The first kappa shape index (κ1) is 38.3. The predicted molar refractivity (Wildman–Crippen MR) is 184 cm³/mol. The van der Waals surface area contributed by atoms with Crippen molar-refractivity contribution in [3.8, 4) is 6.01 Å². The number of hydrogen-bond acceptors (Lipinski definition) is 11. The van der Waals surface area contributed by atoms with Crippen LogP contribution in [0.2, 0.25) is 5.02 Å². The van der Waals surface area contributed by atoms with E-state index in [1.54, 1.807) is 36.0 Å². The Labute approximate surface area is 304 Å². The van der Waals surface area contributed by atoms with Crippen molar-refractivity contribution in [3.05, 3.63) is 82.9 Å². The van der Waals surface area contributed by atoms with Crippen LogP contribution in [0.15, 0.2) is 60.9 Å². The molecule has 3 amide bonds. The van der Waals surface area contributed by atoms with Gasteiger partial charge in [-0.15, -0.1) is 0 Å². The van der Waals surface area contributed by atoms with Crippen LogP contribution in [0, 0.1) is 6.92 Å². The van der Waals surface area contributed by atoms with E-state index in [4.69, 9.17) is 16.3 Å². The Balaban J connectivity index is 1.16. The Morgan fingerprint density at radius 1 is 0.962 bits per heavy atom. The van der Waals surface area contributed by atoms with Crippen molar-refractivity contribution < 1.29 is 42.2 Å². The van der Waals surface area contributed by atoms with Gasteiger partial charge in [-0.05, 0) is 68.1 Å². The molecule has 4 aromatic rings. The van der Waals surface area contributed by atoms with Gasteiger partial charge in [-0.3, -0.25) is 14.4 Å². The van der Waals surface area contributed by atoms with Gasteiger partial charge in [-0.2, -0.15) is 28.1 Å². The molecule has 1 fully saturated rings. The van der Waals surface area contributed by atoms with Crippen LogP contribution in [0.1, 0.15) is 41.0 Å². The normalized spacial score (nSPS) is 13.7. The molecule has 0 spiro atoms. The number of aromatic nitrogens is 5. The topological polar surface area (TPSA) is 214 Å². The Kier molecular flexibility index (Phi) is 12.0. The average molecular weight is 759 g/mol. The number of aliphatic carboxylic acids is 1. The number of carbonyl (C=O) groups excluding carboxylic acids is 3. The molecule has 53 heavy (non-hydrogen) atoms. The number of carbonyl (C=O) groups is 4. The van der Waals surface area contributed by atoms with E-state index in [1.807, 2.05) is 12.1 Å². The largest absolute Gasteiger partial charge is 0.480 e. The summed E-state index contributed by atoms with van der Waals surface area (Å²) in [5, 5.41) is 23.4. The molecule has 0 aliphatic heterocycles. The third kappa shape index (κ3) is 11.0. The SMILES string of the molecule is Cc1nccn1CCNC(=O)C(=O)NCC[C@H](NC(=O)c1ccc(Nc2nc(NC3(c4ccc(Cl)cc4)CC3)nc(OCC(F)(F)F)n2)cc1)C(=O)O. The summed E-state index contributed by atoms with van der Waals surface area (Å²) in [5.74, 6) is -3.41. The van der Waals surface area contributed by atoms with Crippen molar-refractivity contribution in [2.45, 2.75) is 50.5 Å². The smallest absolute Gasteiger partial charge is 0.422 e. The molecule has 1 aliphatic carbocycles. The summed E-state index contributed by atoms with van der Waals surface area (Å²) >= 11 is 6.01. The fourth-order valence-electron chi connectivity index (χ4n) is 5.03. The lowest BCUT2D eigenvalue weighted by Crippen LogP contribution is -2.45. The van der Waals surface area contributed by atoms with Gasteiger partial charge in [0.2, 0.25) is 11.9 Å². The van der Waals surface area contributed by atoms with E-state index in [0.717, 1.165) is 11.4 Å². The molecule has 0 radical (unpaired) electrons. The highest BCUT2D eigenvalue weighted by atomic mass is 35.5. The van der Waals surface area contributed by atoms with Crippen LogP contribution < -0.4 is 31.3 Å². The third-order valence-electron chi connectivity index (χ3n) is 7.97. The number of ether oxygens (including phenoxy) is 1. The first-order valence-corrected chi connectivity index (χ1v) is 16.5. The van der Waals surface area contributed by atoms with Gasteiger partial charge in [0.05, 0.1) is 5.54 Å². The van der Waals surface area contributed by atoms with E-state index < -0.39 is 54.1 Å². The van der Waals surface area contributed by atoms with E-state index in [2.05, 4.69) is 46.5 Å². The lowest BCUT2D eigenvalue weighted by atomic mass is 10.1. The highest BCUT2D eigenvalue weighted by Crippen LogP contribution is 2.48. The molecule has 0 saturated heterocycles. The van der Waals surface area contributed by atoms with Crippen molar-refractivity contribution in [2.75, 3.05) is 30.3 Å². The van der Waals surface area contributed by atoms with Crippen LogP contribution in [-0.2, 0) is 26.5 Å². The molecule has 0 unspecified atom stereocenters. The van der Waals surface area contributed by atoms with E-state index in [1.165, 1.54) is 24.3 Å².